The molecule has 1 N–H and O–H groups in total. The van der Waals surface area contributed by atoms with Crippen LogP contribution in [0.2, 0.25) is 5.02 Å². The summed E-state index contributed by atoms with van der Waals surface area (Å²) in [5.74, 6) is -0.223. The van der Waals surface area contributed by atoms with E-state index in [0.717, 1.165) is 21.5 Å². The topological polar surface area (TPSA) is 81.1 Å². The van der Waals surface area contributed by atoms with Gasteiger partial charge < -0.3 is 5.32 Å². The molecule has 0 aliphatic rings. The van der Waals surface area contributed by atoms with E-state index < -0.39 is 9.84 Å². The minimum Gasteiger partial charge on any atom is -0.351 e. The van der Waals surface area contributed by atoms with E-state index in [9.17, 15) is 13.2 Å². The van der Waals surface area contributed by atoms with Gasteiger partial charge in [0.15, 0.2) is 9.84 Å². The van der Waals surface area contributed by atoms with Gasteiger partial charge in [-0.3, -0.25) is 9.48 Å². The Labute approximate surface area is 195 Å². The van der Waals surface area contributed by atoms with Gasteiger partial charge in [0.25, 0.3) is 5.91 Å². The summed E-state index contributed by atoms with van der Waals surface area (Å²) in [6.45, 7) is 2.79. The van der Waals surface area contributed by atoms with Crippen LogP contribution < -0.4 is 5.32 Å². The van der Waals surface area contributed by atoms with Crippen LogP contribution in [0.3, 0.4) is 0 Å². The molecule has 0 saturated carbocycles. The molecule has 4 aromatic rings. The van der Waals surface area contributed by atoms with Gasteiger partial charge in [0.2, 0.25) is 0 Å². The van der Waals surface area contributed by atoms with E-state index in [1.54, 1.807) is 30.3 Å². The number of rotatable bonds is 8. The smallest absolute Gasteiger partial charge is 0.261 e. The average molecular weight is 488 g/mol. The van der Waals surface area contributed by atoms with E-state index in [0.29, 0.717) is 27.8 Å². The lowest BCUT2D eigenvalue weighted by Gasteiger charge is -2.06. The lowest BCUT2D eigenvalue weighted by atomic mass is 10.2. The van der Waals surface area contributed by atoms with Gasteiger partial charge in [-0.1, -0.05) is 41.9 Å². The highest BCUT2D eigenvalue weighted by Gasteiger charge is 2.17. The Morgan fingerprint density at radius 1 is 1.12 bits per heavy atom. The van der Waals surface area contributed by atoms with Crippen LogP contribution in [-0.2, 0) is 16.4 Å². The fourth-order valence-electron chi connectivity index (χ4n) is 3.39. The van der Waals surface area contributed by atoms with Crippen molar-refractivity contribution in [3.8, 4) is 0 Å². The molecule has 2 heterocycles. The minimum atomic E-state index is -3.35. The summed E-state index contributed by atoms with van der Waals surface area (Å²) in [6, 6.07) is 17.8. The second-order valence-electron chi connectivity index (χ2n) is 7.44. The Kier molecular flexibility index (Phi) is 6.64. The molecule has 4 rings (SSSR count). The van der Waals surface area contributed by atoms with Crippen LogP contribution in [0, 0.1) is 6.92 Å². The highest BCUT2D eigenvalue weighted by atomic mass is 35.5. The number of nitrogens with zero attached hydrogens (tertiary/aromatic N) is 2. The molecule has 0 atom stereocenters. The normalized spacial score (nSPS) is 11.7. The van der Waals surface area contributed by atoms with Crippen LogP contribution in [0.4, 0.5) is 0 Å². The lowest BCUT2D eigenvalue weighted by Crippen LogP contribution is -2.25. The van der Waals surface area contributed by atoms with E-state index in [1.807, 2.05) is 41.9 Å². The van der Waals surface area contributed by atoms with Crippen LogP contribution in [0.25, 0.3) is 10.2 Å². The summed E-state index contributed by atoms with van der Waals surface area (Å²) in [5.41, 5.74) is 1.93. The van der Waals surface area contributed by atoms with E-state index in [4.69, 9.17) is 11.6 Å². The minimum absolute atomic E-state index is 0.0150. The summed E-state index contributed by atoms with van der Waals surface area (Å²) in [4.78, 5) is 14.4. The zero-order valence-electron chi connectivity index (χ0n) is 17.4. The number of benzene rings is 2. The number of halogens is 1. The number of aromatic nitrogens is 2. The highest BCUT2D eigenvalue weighted by molar-refractivity contribution is 7.91. The van der Waals surface area contributed by atoms with Crippen molar-refractivity contribution in [3.63, 3.8) is 0 Å². The number of hydrogen-bond donors (Lipinski definition) is 1. The van der Waals surface area contributed by atoms with Gasteiger partial charge in [-0.05, 0) is 49.2 Å². The molecule has 0 aliphatic heterocycles. The van der Waals surface area contributed by atoms with Crippen molar-refractivity contribution in [1.82, 2.24) is 15.1 Å². The number of fused-ring (bicyclic) bond motifs is 1. The first-order valence-electron chi connectivity index (χ1n) is 10.1. The zero-order chi connectivity index (χ0) is 22.7. The SMILES string of the molecule is Cc1nn(Cc2ccc(Cl)cc2)c2sc(C(=O)NCCCS(=O)(=O)c3ccccc3)cc12. The molecule has 166 valence electrons. The molecular formula is C23H22ClN3O3S2. The average Bonchev–Trinajstić information content (AvgIpc) is 3.35. The molecule has 1 amide bonds. The summed E-state index contributed by atoms with van der Waals surface area (Å²) < 4.78 is 26.6. The molecule has 0 unspecified atom stereocenters. The van der Waals surface area contributed by atoms with Crippen LogP contribution in [0.1, 0.15) is 27.3 Å². The largest absolute Gasteiger partial charge is 0.351 e. The second kappa shape index (κ2) is 9.44. The summed E-state index contributed by atoms with van der Waals surface area (Å²) in [7, 11) is -3.35. The molecular weight excluding hydrogens is 466 g/mol. The van der Waals surface area contributed by atoms with Crippen molar-refractivity contribution in [2.75, 3.05) is 12.3 Å². The maximum Gasteiger partial charge on any atom is 0.261 e. The molecule has 2 aromatic carbocycles. The maximum atomic E-state index is 12.6. The van der Waals surface area contributed by atoms with Gasteiger partial charge in [-0.2, -0.15) is 5.10 Å². The third-order valence-electron chi connectivity index (χ3n) is 5.05. The Morgan fingerprint density at radius 2 is 1.84 bits per heavy atom. The molecule has 2 aromatic heterocycles. The Hall–Kier alpha value is -2.68. The van der Waals surface area contributed by atoms with Gasteiger partial charge in [0.05, 0.1) is 27.8 Å². The molecule has 9 heteroatoms. The van der Waals surface area contributed by atoms with Crippen LogP contribution in [0.5, 0.6) is 0 Å². The van der Waals surface area contributed by atoms with E-state index in [2.05, 4.69) is 10.4 Å². The first-order chi connectivity index (χ1) is 15.3. The first kappa shape index (κ1) is 22.5. The van der Waals surface area contributed by atoms with E-state index in [1.165, 1.54) is 11.3 Å². The number of carbonyl (C=O) groups is 1. The van der Waals surface area contributed by atoms with Crippen molar-refractivity contribution >= 4 is 48.9 Å². The maximum absolute atomic E-state index is 12.6. The Morgan fingerprint density at radius 3 is 2.56 bits per heavy atom. The molecule has 32 heavy (non-hydrogen) atoms. The molecule has 0 spiro atoms. The predicted octanol–water partition coefficient (Wildman–Crippen LogP) is 4.70. The molecule has 0 bridgehead atoms. The fraction of sp³-hybridized carbons (Fsp3) is 0.217. The molecule has 0 radical (unpaired) electrons. The fourth-order valence-corrected chi connectivity index (χ4v) is 5.93. The lowest BCUT2D eigenvalue weighted by molar-refractivity contribution is 0.0958. The van der Waals surface area contributed by atoms with Crippen molar-refractivity contribution in [1.29, 1.82) is 0 Å². The second-order valence-corrected chi connectivity index (χ2v) is 11.0. The van der Waals surface area contributed by atoms with Gasteiger partial charge in [0.1, 0.15) is 4.83 Å². The molecule has 6 nitrogen and oxygen atoms in total. The number of sulfone groups is 1. The summed E-state index contributed by atoms with van der Waals surface area (Å²) in [6.07, 6.45) is 0.344. The van der Waals surface area contributed by atoms with Crippen LogP contribution >= 0.6 is 22.9 Å². The zero-order valence-corrected chi connectivity index (χ0v) is 19.8. The summed E-state index contributed by atoms with van der Waals surface area (Å²) in [5, 5.41) is 9.05. The third kappa shape index (κ3) is 5.03. The highest BCUT2D eigenvalue weighted by Crippen LogP contribution is 2.29. The van der Waals surface area contributed by atoms with Crippen molar-refractivity contribution < 1.29 is 13.2 Å². The number of hydrogen-bond acceptors (Lipinski definition) is 5. The number of amides is 1. The van der Waals surface area contributed by atoms with Crippen molar-refractivity contribution in [2.45, 2.75) is 24.8 Å². The first-order valence-corrected chi connectivity index (χ1v) is 13.0. The van der Waals surface area contributed by atoms with Crippen LogP contribution in [-0.4, -0.2) is 36.4 Å². The third-order valence-corrected chi connectivity index (χ3v) is 8.27. The van der Waals surface area contributed by atoms with Gasteiger partial charge >= 0.3 is 0 Å². The van der Waals surface area contributed by atoms with Gasteiger partial charge in [-0.25, -0.2) is 8.42 Å². The van der Waals surface area contributed by atoms with E-state index >= 15 is 0 Å². The Bertz CT molecular complexity index is 1340. The molecule has 0 fully saturated rings. The number of thiophene rings is 1. The van der Waals surface area contributed by atoms with E-state index in [-0.39, 0.29) is 18.2 Å². The van der Waals surface area contributed by atoms with Crippen molar-refractivity contribution in [3.05, 3.63) is 81.8 Å². The standard InChI is InChI=1S/C23H22ClN3O3S2/c1-16-20-14-21(31-23(20)27(26-16)15-17-8-10-18(24)11-9-17)22(28)25-12-5-13-32(29,30)19-6-3-2-4-7-19/h2-4,6-11,14H,5,12-13,15H2,1H3,(H,25,28). The Balaban J connectivity index is 1.39. The quantitative estimate of drug-likeness (QED) is 0.365. The predicted molar refractivity (Wildman–Crippen MR) is 128 cm³/mol. The van der Waals surface area contributed by atoms with Crippen molar-refractivity contribution in [2.24, 2.45) is 0 Å². The van der Waals surface area contributed by atoms with Gasteiger partial charge in [-0.15, -0.1) is 11.3 Å². The number of aryl methyl sites for hydroxylation is 1. The van der Waals surface area contributed by atoms with Crippen LogP contribution in [0.15, 0.2) is 65.6 Å². The molecule has 0 aliphatic carbocycles. The number of carbonyl (C=O) groups excluding carboxylic acids is 1. The number of nitrogens with one attached hydrogen (secondary N) is 1. The summed E-state index contributed by atoms with van der Waals surface area (Å²) >= 11 is 7.34. The van der Waals surface area contributed by atoms with Gasteiger partial charge in [0, 0.05) is 17.0 Å². The monoisotopic (exact) mass is 487 g/mol. The molecule has 0 saturated heterocycles.